The molecule has 0 saturated heterocycles. The molecule has 0 heterocycles. The summed E-state index contributed by atoms with van der Waals surface area (Å²) in [7, 11) is -3.40. The molecule has 0 bridgehead atoms. The molecule has 2 N–H and O–H groups in total. The highest BCUT2D eigenvalue weighted by Crippen LogP contribution is 2.22. The summed E-state index contributed by atoms with van der Waals surface area (Å²) in [5.74, 6) is 0. The van der Waals surface area contributed by atoms with Crippen molar-refractivity contribution in [2.75, 3.05) is 6.54 Å². The Morgan fingerprint density at radius 1 is 1.20 bits per heavy atom. The van der Waals surface area contributed by atoms with E-state index in [4.69, 9.17) is 0 Å². The van der Waals surface area contributed by atoms with Crippen molar-refractivity contribution in [3.8, 4) is 0 Å². The predicted octanol–water partition coefficient (Wildman–Crippen LogP) is 2.41. The fraction of sp³-hybridized carbons (Fsp3) is 0.600. The Morgan fingerprint density at radius 2 is 1.90 bits per heavy atom. The van der Waals surface area contributed by atoms with Crippen molar-refractivity contribution in [2.45, 2.75) is 56.5 Å². The summed E-state index contributed by atoms with van der Waals surface area (Å²) in [6, 6.07) is 7.35. The molecular formula is C15H24N2O2S. The Bertz CT molecular complexity index is 522. The number of hydrogen-bond donors (Lipinski definition) is 2. The van der Waals surface area contributed by atoms with Gasteiger partial charge in [-0.1, -0.05) is 38.0 Å². The molecule has 1 aromatic carbocycles. The molecule has 1 aliphatic rings. The van der Waals surface area contributed by atoms with Gasteiger partial charge in [0.25, 0.3) is 0 Å². The van der Waals surface area contributed by atoms with Crippen LogP contribution >= 0.6 is 0 Å². The second-order valence-corrected chi connectivity index (χ2v) is 7.07. The van der Waals surface area contributed by atoms with Crippen LogP contribution in [-0.2, 0) is 16.6 Å². The van der Waals surface area contributed by atoms with Crippen LogP contribution in [0.2, 0.25) is 0 Å². The zero-order valence-corrected chi connectivity index (χ0v) is 12.9. The second kappa shape index (κ2) is 7.20. The van der Waals surface area contributed by atoms with Gasteiger partial charge >= 0.3 is 0 Å². The summed E-state index contributed by atoms with van der Waals surface area (Å²) in [5, 5.41) is 3.27. The van der Waals surface area contributed by atoms with Gasteiger partial charge in [-0.15, -0.1) is 0 Å². The average Bonchev–Trinajstić information content (AvgIpc) is 2.91. The number of rotatable bonds is 7. The van der Waals surface area contributed by atoms with Crippen molar-refractivity contribution >= 4 is 10.0 Å². The van der Waals surface area contributed by atoms with Crippen molar-refractivity contribution in [3.63, 3.8) is 0 Å². The van der Waals surface area contributed by atoms with Gasteiger partial charge in [0.2, 0.25) is 10.0 Å². The summed E-state index contributed by atoms with van der Waals surface area (Å²) in [6.45, 7) is 3.58. The van der Waals surface area contributed by atoms with E-state index < -0.39 is 10.0 Å². The summed E-state index contributed by atoms with van der Waals surface area (Å²) >= 11 is 0. The average molecular weight is 296 g/mol. The first-order valence-corrected chi connectivity index (χ1v) is 8.93. The highest BCUT2D eigenvalue weighted by Gasteiger charge is 2.24. The van der Waals surface area contributed by atoms with Gasteiger partial charge in [-0.2, -0.15) is 0 Å². The van der Waals surface area contributed by atoms with E-state index in [1.54, 1.807) is 12.1 Å². The van der Waals surface area contributed by atoms with Crippen molar-refractivity contribution in [2.24, 2.45) is 0 Å². The molecule has 5 heteroatoms. The lowest BCUT2D eigenvalue weighted by molar-refractivity contribution is 0.550. The molecular weight excluding hydrogens is 272 g/mol. The molecule has 0 unspecified atom stereocenters. The third-order valence-corrected chi connectivity index (χ3v) is 5.30. The molecule has 20 heavy (non-hydrogen) atoms. The molecule has 0 spiro atoms. The van der Waals surface area contributed by atoms with Gasteiger partial charge in [0, 0.05) is 12.6 Å². The van der Waals surface area contributed by atoms with Gasteiger partial charge in [-0.05, 0) is 37.4 Å². The number of hydrogen-bond acceptors (Lipinski definition) is 3. The van der Waals surface area contributed by atoms with E-state index in [0.717, 1.165) is 44.2 Å². The number of nitrogens with one attached hydrogen (secondary N) is 2. The SMILES string of the molecule is CCCNCc1ccccc1S(=O)(=O)NC1CCCC1. The van der Waals surface area contributed by atoms with Crippen molar-refractivity contribution in [1.82, 2.24) is 10.0 Å². The minimum Gasteiger partial charge on any atom is -0.313 e. The first-order valence-electron chi connectivity index (χ1n) is 7.44. The molecule has 2 rings (SSSR count). The topological polar surface area (TPSA) is 58.2 Å². The Balaban J connectivity index is 2.13. The maximum atomic E-state index is 12.5. The summed E-state index contributed by atoms with van der Waals surface area (Å²) in [4.78, 5) is 0.413. The molecule has 1 fully saturated rings. The lowest BCUT2D eigenvalue weighted by Gasteiger charge is -2.15. The summed E-state index contributed by atoms with van der Waals surface area (Å²) in [6.07, 6.45) is 5.18. The van der Waals surface area contributed by atoms with Gasteiger partial charge in [-0.3, -0.25) is 0 Å². The molecule has 0 amide bonds. The zero-order valence-electron chi connectivity index (χ0n) is 12.1. The lowest BCUT2D eigenvalue weighted by atomic mass is 10.2. The van der Waals surface area contributed by atoms with Crippen LogP contribution in [0.25, 0.3) is 0 Å². The van der Waals surface area contributed by atoms with E-state index in [0.29, 0.717) is 11.4 Å². The van der Waals surface area contributed by atoms with Crippen molar-refractivity contribution in [3.05, 3.63) is 29.8 Å². The normalized spacial score (nSPS) is 16.6. The van der Waals surface area contributed by atoms with Crippen LogP contribution in [0.3, 0.4) is 0 Å². The molecule has 0 aliphatic heterocycles. The maximum Gasteiger partial charge on any atom is 0.241 e. The van der Waals surface area contributed by atoms with Gasteiger partial charge < -0.3 is 5.32 Å². The Morgan fingerprint density at radius 3 is 2.60 bits per heavy atom. The van der Waals surface area contributed by atoms with Crippen LogP contribution < -0.4 is 10.0 Å². The van der Waals surface area contributed by atoms with E-state index in [2.05, 4.69) is 17.0 Å². The molecule has 0 radical (unpaired) electrons. The third kappa shape index (κ3) is 4.04. The van der Waals surface area contributed by atoms with Gasteiger partial charge in [0.15, 0.2) is 0 Å². The number of sulfonamides is 1. The summed E-state index contributed by atoms with van der Waals surface area (Å²) < 4.78 is 27.9. The fourth-order valence-electron chi connectivity index (χ4n) is 2.64. The van der Waals surface area contributed by atoms with Crippen LogP contribution in [-0.4, -0.2) is 21.0 Å². The molecule has 112 valence electrons. The van der Waals surface area contributed by atoms with Gasteiger partial charge in [0.05, 0.1) is 4.90 Å². The Labute approximate surface area is 122 Å². The largest absolute Gasteiger partial charge is 0.313 e. The molecule has 0 atom stereocenters. The lowest BCUT2D eigenvalue weighted by Crippen LogP contribution is -2.33. The molecule has 4 nitrogen and oxygen atoms in total. The minimum absolute atomic E-state index is 0.108. The van der Waals surface area contributed by atoms with Crippen LogP contribution in [0, 0.1) is 0 Å². The molecule has 0 aromatic heterocycles. The van der Waals surface area contributed by atoms with Gasteiger partial charge in [0.1, 0.15) is 0 Å². The smallest absolute Gasteiger partial charge is 0.241 e. The first kappa shape index (κ1) is 15.5. The van der Waals surface area contributed by atoms with E-state index in [9.17, 15) is 8.42 Å². The minimum atomic E-state index is -3.40. The van der Waals surface area contributed by atoms with E-state index in [1.807, 2.05) is 12.1 Å². The Hall–Kier alpha value is -0.910. The van der Waals surface area contributed by atoms with Crippen molar-refractivity contribution < 1.29 is 8.42 Å². The monoisotopic (exact) mass is 296 g/mol. The van der Waals surface area contributed by atoms with Crippen LogP contribution in [0.5, 0.6) is 0 Å². The standard InChI is InChI=1S/C15H24N2O2S/c1-2-11-16-12-13-7-3-6-10-15(13)20(18,19)17-14-8-4-5-9-14/h3,6-7,10,14,16-17H,2,4-5,8-9,11-12H2,1H3. The van der Waals surface area contributed by atoms with Crippen LogP contribution in [0.4, 0.5) is 0 Å². The van der Waals surface area contributed by atoms with Gasteiger partial charge in [-0.25, -0.2) is 13.1 Å². The van der Waals surface area contributed by atoms with Crippen LogP contribution in [0.1, 0.15) is 44.6 Å². The van der Waals surface area contributed by atoms with Crippen molar-refractivity contribution in [1.29, 1.82) is 0 Å². The third-order valence-electron chi connectivity index (χ3n) is 3.68. The summed E-state index contributed by atoms with van der Waals surface area (Å²) in [5.41, 5.74) is 0.839. The highest BCUT2D eigenvalue weighted by atomic mass is 32.2. The zero-order chi connectivity index (χ0) is 14.4. The predicted molar refractivity (Wildman–Crippen MR) is 81.0 cm³/mol. The quantitative estimate of drug-likeness (QED) is 0.760. The Kier molecular flexibility index (Phi) is 5.57. The molecule has 1 aliphatic carbocycles. The van der Waals surface area contributed by atoms with E-state index in [-0.39, 0.29) is 6.04 Å². The molecule has 1 aromatic rings. The maximum absolute atomic E-state index is 12.5. The van der Waals surface area contributed by atoms with E-state index in [1.165, 1.54) is 0 Å². The highest BCUT2D eigenvalue weighted by molar-refractivity contribution is 7.89. The first-order chi connectivity index (χ1) is 9.63. The molecule has 1 saturated carbocycles. The van der Waals surface area contributed by atoms with Crippen LogP contribution in [0.15, 0.2) is 29.2 Å². The fourth-order valence-corrected chi connectivity index (χ4v) is 4.18. The second-order valence-electron chi connectivity index (χ2n) is 5.39. The number of benzene rings is 1. The van der Waals surface area contributed by atoms with E-state index >= 15 is 0 Å².